The summed E-state index contributed by atoms with van der Waals surface area (Å²) in [6, 6.07) is 14.6. The van der Waals surface area contributed by atoms with E-state index in [4.69, 9.17) is 0 Å². The quantitative estimate of drug-likeness (QED) is 0.0708. The predicted molar refractivity (Wildman–Crippen MR) is 276 cm³/mol. The summed E-state index contributed by atoms with van der Waals surface area (Å²) in [6.07, 6.45) is 9.83. The first-order chi connectivity index (χ1) is 31.6. The lowest BCUT2D eigenvalue weighted by Gasteiger charge is -2.24. The van der Waals surface area contributed by atoms with Crippen LogP contribution in [0.1, 0.15) is 80.6 Å². The standard InChI is InChI=1S/C52H72N4O8S4/c1-15-53(65(57,58)49-41(7)29-37(3)30-42(49)8)23-17-19-25-55(67(61,62)51-45(11)33-39(5)34-46(51)12)27-21-22-28-56(68(63,64)52-47(13)35-40(6)36-48(52)14)26-20-18-24-54(16-2)66(59,60)50-43(9)31-38(4)32-44(50)10/h17-22,29-36H,15-16,23-28H2,1-14H3/b19-17-,20-18-,22-21-. The van der Waals surface area contributed by atoms with Gasteiger partial charge in [-0.1, -0.05) is 121 Å². The normalized spacial score (nSPS) is 13.3. The average molecular weight is 1010 g/mol. The van der Waals surface area contributed by atoms with Gasteiger partial charge < -0.3 is 0 Å². The topological polar surface area (TPSA) is 150 Å². The van der Waals surface area contributed by atoms with E-state index < -0.39 is 40.1 Å². The maximum Gasteiger partial charge on any atom is 0.244 e. The molecule has 4 rings (SSSR count). The Morgan fingerprint density at radius 2 is 0.441 bits per heavy atom. The van der Waals surface area contributed by atoms with Crippen LogP contribution in [0.2, 0.25) is 0 Å². The fraction of sp³-hybridized carbons (Fsp3) is 0.423. The molecule has 0 amide bonds. The third-order valence-corrected chi connectivity index (χ3v) is 20.6. The van der Waals surface area contributed by atoms with Crippen LogP contribution in [0.5, 0.6) is 0 Å². The highest BCUT2D eigenvalue weighted by atomic mass is 32.2. The number of hydrogen-bond acceptors (Lipinski definition) is 8. The van der Waals surface area contributed by atoms with Crippen LogP contribution in [0, 0.1) is 83.1 Å². The van der Waals surface area contributed by atoms with Crippen LogP contribution in [0.15, 0.2) is 105 Å². The molecule has 0 aliphatic heterocycles. The molecule has 0 saturated heterocycles. The average Bonchev–Trinajstić information content (AvgIpc) is 3.18. The molecular formula is C52H72N4O8S4. The number of sulfonamides is 4. The zero-order valence-electron chi connectivity index (χ0n) is 42.4. The van der Waals surface area contributed by atoms with E-state index >= 15 is 0 Å². The maximum atomic E-state index is 14.5. The van der Waals surface area contributed by atoms with Crippen molar-refractivity contribution in [3.8, 4) is 0 Å². The highest BCUT2D eigenvalue weighted by Crippen LogP contribution is 2.29. The molecule has 0 atom stereocenters. The van der Waals surface area contributed by atoms with Gasteiger partial charge in [0.25, 0.3) is 0 Å². The molecule has 4 aromatic carbocycles. The van der Waals surface area contributed by atoms with Crippen molar-refractivity contribution < 1.29 is 33.7 Å². The first-order valence-corrected chi connectivity index (χ1v) is 28.7. The van der Waals surface area contributed by atoms with Crippen molar-refractivity contribution in [3.63, 3.8) is 0 Å². The summed E-state index contributed by atoms with van der Waals surface area (Å²) < 4.78 is 119. The Kier molecular flexibility index (Phi) is 19.1. The van der Waals surface area contributed by atoms with Crippen molar-refractivity contribution in [2.24, 2.45) is 0 Å². The van der Waals surface area contributed by atoms with Gasteiger partial charge in [0.15, 0.2) is 0 Å². The third-order valence-electron chi connectivity index (χ3n) is 11.9. The summed E-state index contributed by atoms with van der Waals surface area (Å²) in [5.74, 6) is 0. The number of aryl methyl sites for hydroxylation is 12. The lowest BCUT2D eigenvalue weighted by molar-refractivity contribution is 0.453. The molecule has 372 valence electrons. The van der Waals surface area contributed by atoms with Crippen LogP contribution >= 0.6 is 0 Å². The summed E-state index contributed by atoms with van der Waals surface area (Å²) in [5, 5.41) is 0. The molecule has 0 aliphatic carbocycles. The lowest BCUT2D eigenvalue weighted by atomic mass is 10.1. The van der Waals surface area contributed by atoms with E-state index in [9.17, 15) is 33.7 Å². The summed E-state index contributed by atoms with van der Waals surface area (Å²) in [7, 11) is -16.0. The van der Waals surface area contributed by atoms with Gasteiger partial charge in [0, 0.05) is 52.4 Å². The molecule has 0 aromatic heterocycles. The number of hydrogen-bond donors (Lipinski definition) is 0. The lowest BCUT2D eigenvalue weighted by Crippen LogP contribution is -2.34. The van der Waals surface area contributed by atoms with Gasteiger partial charge in [-0.05, 0) is 128 Å². The van der Waals surface area contributed by atoms with Crippen LogP contribution in [-0.4, -0.2) is 103 Å². The van der Waals surface area contributed by atoms with E-state index in [0.29, 0.717) is 44.5 Å². The molecule has 0 N–H and O–H groups in total. The highest BCUT2D eigenvalue weighted by molar-refractivity contribution is 7.90. The molecule has 0 bridgehead atoms. The minimum atomic E-state index is -4.13. The molecule has 0 spiro atoms. The molecule has 0 aliphatic rings. The Morgan fingerprint density at radius 1 is 0.294 bits per heavy atom. The third kappa shape index (κ3) is 12.9. The van der Waals surface area contributed by atoms with Gasteiger partial charge in [0.1, 0.15) is 0 Å². The van der Waals surface area contributed by atoms with Gasteiger partial charge in [0.2, 0.25) is 40.1 Å². The summed E-state index contributed by atoms with van der Waals surface area (Å²) in [4.78, 5) is 0.861. The van der Waals surface area contributed by atoms with Gasteiger partial charge in [-0.3, -0.25) is 0 Å². The Hall–Kier alpha value is -4.26. The zero-order valence-corrected chi connectivity index (χ0v) is 45.7. The van der Waals surface area contributed by atoms with Crippen LogP contribution in [0.4, 0.5) is 0 Å². The maximum absolute atomic E-state index is 14.5. The Balaban J connectivity index is 1.67. The number of nitrogens with zero attached hydrogens (tertiary/aromatic N) is 4. The van der Waals surface area contributed by atoms with Crippen molar-refractivity contribution in [2.45, 2.75) is 117 Å². The molecule has 0 unspecified atom stereocenters. The van der Waals surface area contributed by atoms with Crippen molar-refractivity contribution in [2.75, 3.05) is 52.4 Å². The fourth-order valence-electron chi connectivity index (χ4n) is 9.30. The Morgan fingerprint density at radius 3 is 0.603 bits per heavy atom. The fourth-order valence-corrected chi connectivity index (χ4v) is 16.4. The number of benzene rings is 4. The van der Waals surface area contributed by atoms with E-state index in [-0.39, 0.29) is 71.9 Å². The van der Waals surface area contributed by atoms with Crippen molar-refractivity contribution in [3.05, 3.63) is 152 Å². The van der Waals surface area contributed by atoms with Crippen molar-refractivity contribution in [1.82, 2.24) is 17.2 Å². The second-order valence-electron chi connectivity index (χ2n) is 17.9. The molecule has 16 heteroatoms. The summed E-state index contributed by atoms with van der Waals surface area (Å²) in [5.41, 5.74) is 8.71. The first-order valence-electron chi connectivity index (χ1n) is 22.9. The minimum Gasteiger partial charge on any atom is -0.207 e. The smallest absolute Gasteiger partial charge is 0.207 e. The molecule has 0 heterocycles. The minimum absolute atomic E-state index is 0.0171. The second kappa shape index (κ2) is 23.1. The van der Waals surface area contributed by atoms with Crippen LogP contribution in [0.25, 0.3) is 0 Å². The summed E-state index contributed by atoms with van der Waals surface area (Å²) >= 11 is 0. The van der Waals surface area contributed by atoms with Crippen molar-refractivity contribution in [1.29, 1.82) is 0 Å². The monoisotopic (exact) mass is 1010 g/mol. The van der Waals surface area contributed by atoms with Gasteiger partial charge in [-0.2, -0.15) is 17.2 Å². The van der Waals surface area contributed by atoms with E-state index in [1.54, 1.807) is 106 Å². The van der Waals surface area contributed by atoms with Crippen LogP contribution in [0.3, 0.4) is 0 Å². The zero-order chi connectivity index (χ0) is 51.1. The molecule has 0 fully saturated rings. The van der Waals surface area contributed by atoms with Gasteiger partial charge in [-0.15, -0.1) is 0 Å². The van der Waals surface area contributed by atoms with E-state index in [0.717, 1.165) is 22.3 Å². The molecule has 68 heavy (non-hydrogen) atoms. The van der Waals surface area contributed by atoms with E-state index in [1.807, 2.05) is 76.2 Å². The van der Waals surface area contributed by atoms with Crippen LogP contribution in [-0.2, 0) is 40.1 Å². The Labute approximate surface area is 409 Å². The van der Waals surface area contributed by atoms with Gasteiger partial charge in [-0.25, -0.2) is 33.7 Å². The predicted octanol–water partition coefficient (Wildman–Crippen LogP) is 9.16. The molecule has 0 radical (unpaired) electrons. The molecule has 4 aromatic rings. The van der Waals surface area contributed by atoms with E-state index in [2.05, 4.69) is 0 Å². The van der Waals surface area contributed by atoms with Crippen LogP contribution < -0.4 is 0 Å². The molecule has 0 saturated carbocycles. The molecular weight excluding hydrogens is 937 g/mol. The SMILES string of the molecule is CCN(C/C=C\CN(C/C=C\CN(C/C=C\CN(CC)S(=O)(=O)c1c(C)cc(C)cc1C)S(=O)(=O)c1c(C)cc(C)cc1C)S(=O)(=O)c1c(C)cc(C)cc1C)S(=O)(=O)c1c(C)cc(C)cc1C. The van der Waals surface area contributed by atoms with E-state index in [1.165, 1.54) is 17.2 Å². The summed E-state index contributed by atoms with van der Waals surface area (Å²) in [6.45, 7) is 25.3. The number of rotatable bonds is 22. The highest BCUT2D eigenvalue weighted by Gasteiger charge is 2.31. The number of likely N-dealkylation sites (N-methyl/N-ethyl adjacent to an activating group) is 2. The van der Waals surface area contributed by atoms with Crippen molar-refractivity contribution >= 4 is 40.1 Å². The second-order valence-corrected chi connectivity index (χ2v) is 25.4. The van der Waals surface area contributed by atoms with Gasteiger partial charge >= 0.3 is 0 Å². The van der Waals surface area contributed by atoms with Gasteiger partial charge in [0.05, 0.1) is 19.6 Å². The molecule has 12 nitrogen and oxygen atoms in total. The first kappa shape index (κ1) is 56.3. The largest absolute Gasteiger partial charge is 0.244 e. The Bertz CT molecular complexity index is 2750.